The molecule has 2 rings (SSSR count). The third kappa shape index (κ3) is 3.46. The molecule has 0 amide bonds. The fourth-order valence-corrected chi connectivity index (χ4v) is 3.08. The Morgan fingerprint density at radius 2 is 2.04 bits per heavy atom. The van der Waals surface area contributed by atoms with Gasteiger partial charge in [0.1, 0.15) is 12.6 Å². The van der Waals surface area contributed by atoms with Gasteiger partial charge in [-0.05, 0) is 13.8 Å². The van der Waals surface area contributed by atoms with Crippen LogP contribution in [0.3, 0.4) is 0 Å². The number of hydrogen-bond acceptors (Lipinski definition) is 6. The molecule has 0 aromatic heterocycles. The van der Waals surface area contributed by atoms with Gasteiger partial charge in [-0.25, -0.2) is 9.18 Å². The molecule has 138 valence electrons. The number of rotatable bonds is 6. The molecular formula is C17H17FN2O6. The minimum absolute atomic E-state index is 0.00634. The molecular weight excluding hydrogens is 347 g/mol. The fraction of sp³-hybridized carbons (Fsp3) is 0.353. The molecule has 1 aromatic rings. The number of para-hydroxylation sites is 1. The molecule has 1 N–H and O–H groups in total. The fourth-order valence-electron chi connectivity index (χ4n) is 3.08. The number of alkyl halides is 1. The van der Waals surface area contributed by atoms with Gasteiger partial charge in [0.05, 0.1) is 22.8 Å². The molecule has 1 aliphatic heterocycles. The first kappa shape index (κ1) is 19.2. The number of ether oxygens (including phenoxy) is 1. The molecule has 0 radical (unpaired) electrons. The number of carboxylic acid groups (broad SMARTS) is 1. The standard InChI is InChI=1S/C17H17FN2O6/c1-3-26-17(23)13-9(2)19-11(8-18)15(16(21)22)14(13)10-6-4-5-7-12(10)20(24)25/h4-7,13-14H,3,8H2,1-2H3,(H,21,22). The molecule has 0 aliphatic carbocycles. The SMILES string of the molecule is CCOC(=O)C1C(C)=NC(CF)=C(C(=O)O)C1c1ccccc1[N+](=O)[O-]. The van der Waals surface area contributed by atoms with Crippen molar-refractivity contribution in [2.24, 2.45) is 10.9 Å². The highest BCUT2D eigenvalue weighted by Crippen LogP contribution is 2.42. The second-order valence-electron chi connectivity index (χ2n) is 5.58. The summed E-state index contributed by atoms with van der Waals surface area (Å²) in [5, 5.41) is 21.0. The van der Waals surface area contributed by atoms with Crippen LogP contribution in [0.15, 0.2) is 40.5 Å². The Kier molecular flexibility index (Phi) is 5.81. The highest BCUT2D eigenvalue weighted by atomic mass is 19.1. The van der Waals surface area contributed by atoms with Gasteiger partial charge in [-0.2, -0.15) is 0 Å². The summed E-state index contributed by atoms with van der Waals surface area (Å²) >= 11 is 0. The van der Waals surface area contributed by atoms with Crippen molar-refractivity contribution in [2.45, 2.75) is 19.8 Å². The zero-order chi connectivity index (χ0) is 19.4. The van der Waals surface area contributed by atoms with Crippen molar-refractivity contribution in [1.29, 1.82) is 0 Å². The van der Waals surface area contributed by atoms with Crippen molar-refractivity contribution >= 4 is 23.3 Å². The van der Waals surface area contributed by atoms with Gasteiger partial charge in [-0.15, -0.1) is 0 Å². The summed E-state index contributed by atoms with van der Waals surface area (Å²) in [6.45, 7) is 1.88. The predicted octanol–water partition coefficient (Wildman–Crippen LogP) is 2.64. The minimum Gasteiger partial charge on any atom is -0.478 e. The Labute approximate surface area is 148 Å². The zero-order valence-corrected chi connectivity index (χ0v) is 14.1. The number of carbonyl (C=O) groups excluding carboxylic acids is 1. The quantitative estimate of drug-likeness (QED) is 0.471. The van der Waals surface area contributed by atoms with Crippen LogP contribution in [0.4, 0.5) is 10.1 Å². The lowest BCUT2D eigenvalue weighted by Crippen LogP contribution is -2.37. The van der Waals surface area contributed by atoms with Crippen LogP contribution in [0.5, 0.6) is 0 Å². The van der Waals surface area contributed by atoms with E-state index in [9.17, 15) is 29.2 Å². The van der Waals surface area contributed by atoms with Crippen molar-refractivity contribution in [3.05, 3.63) is 51.2 Å². The van der Waals surface area contributed by atoms with Crippen LogP contribution in [0, 0.1) is 16.0 Å². The summed E-state index contributed by atoms with van der Waals surface area (Å²) in [5.41, 5.74) is -1.07. The van der Waals surface area contributed by atoms with Crippen LogP contribution < -0.4 is 0 Å². The number of carboxylic acids is 1. The Balaban J connectivity index is 2.78. The summed E-state index contributed by atoms with van der Waals surface area (Å²) in [6.07, 6.45) is 0. The van der Waals surface area contributed by atoms with E-state index in [0.29, 0.717) is 0 Å². The van der Waals surface area contributed by atoms with Gasteiger partial charge in [-0.1, -0.05) is 18.2 Å². The molecule has 1 aromatic carbocycles. The number of esters is 1. The largest absolute Gasteiger partial charge is 0.478 e. The molecule has 0 spiro atoms. The topological polar surface area (TPSA) is 119 Å². The normalized spacial score (nSPS) is 19.7. The summed E-state index contributed by atoms with van der Waals surface area (Å²) < 4.78 is 18.4. The molecule has 26 heavy (non-hydrogen) atoms. The van der Waals surface area contributed by atoms with Crippen LogP contribution in [-0.4, -0.2) is 41.0 Å². The van der Waals surface area contributed by atoms with E-state index in [1.54, 1.807) is 6.92 Å². The lowest BCUT2D eigenvalue weighted by Gasteiger charge is -2.30. The smallest absolute Gasteiger partial charge is 0.334 e. The number of nitro groups is 1. The molecule has 0 bridgehead atoms. The first-order valence-electron chi connectivity index (χ1n) is 7.80. The Morgan fingerprint density at radius 3 is 2.58 bits per heavy atom. The summed E-state index contributed by atoms with van der Waals surface area (Å²) in [4.78, 5) is 38.9. The molecule has 0 saturated heterocycles. The summed E-state index contributed by atoms with van der Waals surface area (Å²) in [6, 6.07) is 5.46. The van der Waals surface area contributed by atoms with Gasteiger partial charge in [0.15, 0.2) is 0 Å². The molecule has 9 heteroatoms. The Bertz CT molecular complexity index is 817. The molecule has 0 saturated carbocycles. The lowest BCUT2D eigenvalue weighted by molar-refractivity contribution is -0.385. The maximum absolute atomic E-state index is 13.4. The third-order valence-electron chi connectivity index (χ3n) is 4.08. The maximum Gasteiger partial charge on any atom is 0.334 e. The van der Waals surface area contributed by atoms with E-state index in [2.05, 4.69) is 4.99 Å². The predicted molar refractivity (Wildman–Crippen MR) is 89.7 cm³/mol. The number of hydrogen-bond donors (Lipinski definition) is 1. The number of benzene rings is 1. The number of nitrogens with zero attached hydrogens (tertiary/aromatic N) is 2. The average molecular weight is 364 g/mol. The van der Waals surface area contributed by atoms with Crippen molar-refractivity contribution in [1.82, 2.24) is 0 Å². The van der Waals surface area contributed by atoms with E-state index in [1.807, 2.05) is 0 Å². The first-order chi connectivity index (χ1) is 12.3. The van der Waals surface area contributed by atoms with Gasteiger partial charge in [0.25, 0.3) is 5.69 Å². The number of carbonyl (C=O) groups is 2. The summed E-state index contributed by atoms with van der Waals surface area (Å²) in [5.74, 6) is -4.74. The van der Waals surface area contributed by atoms with E-state index in [0.717, 1.165) is 0 Å². The lowest BCUT2D eigenvalue weighted by atomic mass is 9.75. The minimum atomic E-state index is -1.49. The van der Waals surface area contributed by atoms with Gasteiger partial charge in [-0.3, -0.25) is 19.9 Å². The van der Waals surface area contributed by atoms with Crippen molar-refractivity contribution in [3.63, 3.8) is 0 Å². The first-order valence-corrected chi connectivity index (χ1v) is 7.80. The van der Waals surface area contributed by atoms with E-state index in [4.69, 9.17) is 4.74 Å². The van der Waals surface area contributed by atoms with Crippen molar-refractivity contribution in [2.75, 3.05) is 13.3 Å². The molecule has 1 aliphatic rings. The molecule has 1 heterocycles. The van der Waals surface area contributed by atoms with E-state index >= 15 is 0 Å². The van der Waals surface area contributed by atoms with Gasteiger partial charge >= 0.3 is 11.9 Å². The van der Waals surface area contributed by atoms with E-state index in [-0.39, 0.29) is 29.3 Å². The zero-order valence-electron chi connectivity index (χ0n) is 14.1. The number of aliphatic carboxylic acids is 1. The van der Waals surface area contributed by atoms with E-state index in [1.165, 1.54) is 31.2 Å². The number of allylic oxidation sites excluding steroid dienone is 1. The highest BCUT2D eigenvalue weighted by molar-refractivity contribution is 6.07. The van der Waals surface area contributed by atoms with Gasteiger partial charge in [0, 0.05) is 23.3 Å². The third-order valence-corrected chi connectivity index (χ3v) is 4.08. The van der Waals surface area contributed by atoms with Crippen LogP contribution >= 0.6 is 0 Å². The monoisotopic (exact) mass is 364 g/mol. The van der Waals surface area contributed by atoms with Crippen LogP contribution in [0.2, 0.25) is 0 Å². The second kappa shape index (κ2) is 7.85. The van der Waals surface area contributed by atoms with Crippen LogP contribution in [0.1, 0.15) is 25.3 Å². The van der Waals surface area contributed by atoms with Gasteiger partial charge < -0.3 is 9.84 Å². The summed E-state index contributed by atoms with van der Waals surface area (Å²) in [7, 11) is 0. The Hall–Kier alpha value is -3.10. The maximum atomic E-state index is 13.4. The highest BCUT2D eigenvalue weighted by Gasteiger charge is 2.44. The molecule has 0 fully saturated rings. The van der Waals surface area contributed by atoms with Crippen LogP contribution in [0.25, 0.3) is 0 Å². The van der Waals surface area contributed by atoms with Crippen molar-refractivity contribution < 1.29 is 28.7 Å². The second-order valence-corrected chi connectivity index (χ2v) is 5.58. The molecule has 8 nitrogen and oxygen atoms in total. The number of nitro benzene ring substituents is 1. The number of halogens is 1. The molecule has 2 atom stereocenters. The van der Waals surface area contributed by atoms with Crippen molar-refractivity contribution in [3.8, 4) is 0 Å². The van der Waals surface area contributed by atoms with Gasteiger partial charge in [0.2, 0.25) is 0 Å². The Morgan fingerprint density at radius 1 is 1.38 bits per heavy atom. The van der Waals surface area contributed by atoms with Crippen LogP contribution in [-0.2, 0) is 14.3 Å². The molecule has 2 unspecified atom stereocenters. The average Bonchev–Trinajstić information content (AvgIpc) is 2.60. The number of aliphatic imine (C=N–C) groups is 1. The van der Waals surface area contributed by atoms with E-state index < -0.39 is 40.9 Å².